The molecule has 0 atom stereocenters. The van der Waals surface area contributed by atoms with Crippen LogP contribution in [-0.2, 0) is 14.8 Å². The van der Waals surface area contributed by atoms with Crippen LogP contribution in [0.25, 0.3) is 0 Å². The average molecular weight is 288 g/mol. The summed E-state index contributed by atoms with van der Waals surface area (Å²) in [5, 5.41) is 5.10. The lowest BCUT2D eigenvalue weighted by Gasteiger charge is -2.11. The normalized spacial score (nSPS) is 11.5. The van der Waals surface area contributed by atoms with E-state index in [0.29, 0.717) is 18.9 Å². The zero-order valence-corrected chi connectivity index (χ0v) is 11.8. The highest BCUT2D eigenvalue weighted by atomic mass is 32.2. The Labute approximate surface area is 113 Å². The fraction of sp³-hybridized carbons (Fsp3) is 0.500. The Kier molecular flexibility index (Phi) is 6.07. The molecule has 0 aliphatic rings. The van der Waals surface area contributed by atoms with Gasteiger partial charge in [0, 0.05) is 12.3 Å². The van der Waals surface area contributed by atoms with E-state index in [9.17, 15) is 8.42 Å². The van der Waals surface area contributed by atoms with Gasteiger partial charge in [-0.1, -0.05) is 13.3 Å². The molecule has 0 radical (unpaired) electrons. The number of nitrogens with two attached hydrogens (primary N) is 2. The van der Waals surface area contributed by atoms with E-state index in [1.54, 1.807) is 6.07 Å². The van der Waals surface area contributed by atoms with Crippen molar-refractivity contribution in [3.63, 3.8) is 0 Å². The van der Waals surface area contributed by atoms with Gasteiger partial charge < -0.3 is 15.2 Å². The first-order valence-corrected chi connectivity index (χ1v) is 7.62. The van der Waals surface area contributed by atoms with E-state index in [1.165, 1.54) is 12.1 Å². The van der Waals surface area contributed by atoms with Gasteiger partial charge in [-0.15, -0.1) is 0 Å². The van der Waals surface area contributed by atoms with Gasteiger partial charge >= 0.3 is 0 Å². The molecule has 0 aliphatic carbocycles. The lowest BCUT2D eigenvalue weighted by molar-refractivity contribution is 0.0971. The molecule has 0 saturated carbocycles. The van der Waals surface area contributed by atoms with Gasteiger partial charge in [-0.3, -0.25) is 0 Å². The Hall–Kier alpha value is -1.31. The van der Waals surface area contributed by atoms with Crippen LogP contribution in [0.5, 0.6) is 5.75 Å². The van der Waals surface area contributed by atoms with Crippen LogP contribution in [0.2, 0.25) is 0 Å². The predicted octanol–water partition coefficient (Wildman–Crippen LogP) is 1.11. The Morgan fingerprint density at radius 3 is 2.58 bits per heavy atom. The monoisotopic (exact) mass is 288 g/mol. The average Bonchev–Trinajstić information content (AvgIpc) is 2.34. The van der Waals surface area contributed by atoms with Crippen LogP contribution in [0.15, 0.2) is 23.1 Å². The maximum atomic E-state index is 11.4. The Balaban J connectivity index is 2.59. The lowest BCUT2D eigenvalue weighted by atomic mass is 10.3. The van der Waals surface area contributed by atoms with E-state index in [0.717, 1.165) is 12.8 Å². The second-order valence-corrected chi connectivity index (χ2v) is 5.60. The van der Waals surface area contributed by atoms with Gasteiger partial charge in [0.05, 0.1) is 6.61 Å². The molecule has 0 aliphatic heterocycles. The van der Waals surface area contributed by atoms with Crippen molar-refractivity contribution in [2.45, 2.75) is 24.7 Å². The van der Waals surface area contributed by atoms with Crippen molar-refractivity contribution in [1.29, 1.82) is 0 Å². The molecule has 0 amide bonds. The number of rotatable bonds is 8. The summed E-state index contributed by atoms with van der Waals surface area (Å²) in [6, 6.07) is 4.33. The third-order valence-electron chi connectivity index (χ3n) is 2.40. The van der Waals surface area contributed by atoms with Gasteiger partial charge in [-0.25, -0.2) is 13.6 Å². The van der Waals surface area contributed by atoms with Crippen LogP contribution in [0, 0.1) is 0 Å². The van der Waals surface area contributed by atoms with Crippen molar-refractivity contribution in [2.75, 3.05) is 25.6 Å². The first-order chi connectivity index (χ1) is 8.95. The lowest BCUT2D eigenvalue weighted by Crippen LogP contribution is -2.15. The van der Waals surface area contributed by atoms with Crippen LogP contribution in [-0.4, -0.2) is 28.2 Å². The number of hydrogen-bond donors (Lipinski definition) is 2. The third kappa shape index (κ3) is 5.46. The van der Waals surface area contributed by atoms with Crippen molar-refractivity contribution in [3.05, 3.63) is 18.2 Å². The Morgan fingerprint density at radius 2 is 1.95 bits per heavy atom. The summed E-state index contributed by atoms with van der Waals surface area (Å²) < 4.78 is 33.5. The highest BCUT2D eigenvalue weighted by Crippen LogP contribution is 2.24. The summed E-state index contributed by atoms with van der Waals surface area (Å²) in [7, 11) is -3.85. The highest BCUT2D eigenvalue weighted by Gasteiger charge is 2.15. The fourth-order valence-corrected chi connectivity index (χ4v) is 2.13. The molecule has 1 rings (SSSR count). The van der Waals surface area contributed by atoms with E-state index in [2.05, 4.69) is 6.92 Å². The minimum Gasteiger partial charge on any atom is -0.490 e. The molecule has 4 N–H and O–H groups in total. The van der Waals surface area contributed by atoms with E-state index < -0.39 is 10.0 Å². The molecule has 0 bridgehead atoms. The molecule has 0 heterocycles. The summed E-state index contributed by atoms with van der Waals surface area (Å²) in [5.74, 6) is 0.191. The molecule has 0 aromatic heterocycles. The first-order valence-electron chi connectivity index (χ1n) is 6.08. The largest absolute Gasteiger partial charge is 0.490 e. The molecule has 108 valence electrons. The Morgan fingerprint density at radius 1 is 1.21 bits per heavy atom. The zero-order chi connectivity index (χ0) is 14.3. The van der Waals surface area contributed by atoms with Gasteiger partial charge in [0.1, 0.15) is 17.3 Å². The summed E-state index contributed by atoms with van der Waals surface area (Å²) in [6.07, 6.45) is 2.05. The summed E-state index contributed by atoms with van der Waals surface area (Å²) in [6.45, 7) is 3.40. The highest BCUT2D eigenvalue weighted by molar-refractivity contribution is 7.89. The summed E-state index contributed by atoms with van der Waals surface area (Å²) in [4.78, 5) is -0.110. The maximum absolute atomic E-state index is 11.4. The number of sulfonamides is 1. The number of anilines is 1. The summed E-state index contributed by atoms with van der Waals surface area (Å²) >= 11 is 0. The van der Waals surface area contributed by atoms with E-state index in [-0.39, 0.29) is 17.3 Å². The molecular formula is C12H20N2O4S. The van der Waals surface area contributed by atoms with Crippen molar-refractivity contribution in [3.8, 4) is 5.75 Å². The van der Waals surface area contributed by atoms with Gasteiger partial charge in [0.25, 0.3) is 0 Å². The molecule has 19 heavy (non-hydrogen) atoms. The van der Waals surface area contributed by atoms with Gasteiger partial charge in [0.15, 0.2) is 0 Å². The molecular weight excluding hydrogens is 268 g/mol. The third-order valence-corrected chi connectivity index (χ3v) is 3.33. The maximum Gasteiger partial charge on any atom is 0.241 e. The van der Waals surface area contributed by atoms with Crippen LogP contribution >= 0.6 is 0 Å². The minimum absolute atomic E-state index is 0.110. The Bertz CT molecular complexity index is 502. The van der Waals surface area contributed by atoms with E-state index >= 15 is 0 Å². The van der Waals surface area contributed by atoms with E-state index in [1.807, 2.05) is 0 Å². The molecule has 0 saturated heterocycles. The number of benzene rings is 1. The quantitative estimate of drug-likeness (QED) is 0.551. The first kappa shape index (κ1) is 15.7. The van der Waals surface area contributed by atoms with Crippen molar-refractivity contribution < 1.29 is 17.9 Å². The van der Waals surface area contributed by atoms with E-state index in [4.69, 9.17) is 20.3 Å². The number of hydrogen-bond acceptors (Lipinski definition) is 5. The number of ether oxygens (including phenoxy) is 2. The second-order valence-electron chi connectivity index (χ2n) is 4.07. The van der Waals surface area contributed by atoms with Gasteiger partial charge in [-0.05, 0) is 24.6 Å². The van der Waals surface area contributed by atoms with Gasteiger partial charge in [-0.2, -0.15) is 0 Å². The number of unbranched alkanes of at least 4 members (excludes halogenated alkanes) is 1. The summed E-state index contributed by atoms with van der Waals surface area (Å²) in [5.41, 5.74) is 5.85. The molecule has 1 aromatic carbocycles. The van der Waals surface area contributed by atoms with Crippen LogP contribution in [0.3, 0.4) is 0 Å². The van der Waals surface area contributed by atoms with Crippen molar-refractivity contribution >= 4 is 15.7 Å². The zero-order valence-electron chi connectivity index (χ0n) is 11.0. The molecule has 6 nitrogen and oxygen atoms in total. The van der Waals surface area contributed by atoms with Crippen LogP contribution in [0.4, 0.5) is 5.69 Å². The molecule has 0 fully saturated rings. The molecule has 0 spiro atoms. The topological polar surface area (TPSA) is 105 Å². The second kappa shape index (κ2) is 7.32. The molecule has 0 unspecified atom stereocenters. The van der Waals surface area contributed by atoms with Crippen molar-refractivity contribution in [2.24, 2.45) is 5.14 Å². The molecule has 1 aromatic rings. The fourth-order valence-electron chi connectivity index (χ4n) is 1.43. The predicted molar refractivity (Wildman–Crippen MR) is 73.4 cm³/mol. The number of nitrogen functional groups attached to an aromatic ring is 1. The molecule has 7 heteroatoms. The van der Waals surface area contributed by atoms with Crippen LogP contribution < -0.4 is 15.6 Å². The SMILES string of the molecule is CCCCOCCOc1ccc(N)cc1S(N)(=O)=O. The minimum atomic E-state index is -3.85. The smallest absolute Gasteiger partial charge is 0.241 e. The van der Waals surface area contributed by atoms with Crippen molar-refractivity contribution in [1.82, 2.24) is 0 Å². The van der Waals surface area contributed by atoms with Gasteiger partial charge in [0.2, 0.25) is 10.0 Å². The number of primary sulfonamides is 1. The standard InChI is InChI=1S/C12H20N2O4S/c1-2-3-6-17-7-8-18-11-5-4-10(13)9-12(11)19(14,15)16/h4-5,9H,2-3,6-8,13H2,1H3,(H2,14,15,16). The van der Waals surface area contributed by atoms with Crippen LogP contribution in [0.1, 0.15) is 19.8 Å².